The van der Waals surface area contributed by atoms with Gasteiger partial charge in [0, 0.05) is 34.5 Å². The van der Waals surface area contributed by atoms with Crippen molar-refractivity contribution in [2.75, 3.05) is 7.11 Å². The van der Waals surface area contributed by atoms with Gasteiger partial charge in [-0.25, -0.2) is 0 Å². The van der Waals surface area contributed by atoms with Gasteiger partial charge in [0.1, 0.15) is 5.25 Å². The topological polar surface area (TPSA) is 57.5 Å². The Labute approximate surface area is 197 Å². The third-order valence-corrected chi connectivity index (χ3v) is 9.94. The zero-order valence-corrected chi connectivity index (χ0v) is 19.9. The second-order valence-electron chi connectivity index (χ2n) is 8.33. The van der Waals surface area contributed by atoms with Gasteiger partial charge in [-0.1, -0.05) is 72.4 Å². The Morgan fingerprint density at radius 1 is 1.00 bits per heavy atom. The van der Waals surface area contributed by atoms with E-state index in [1.54, 1.807) is 17.8 Å². The van der Waals surface area contributed by atoms with Gasteiger partial charge in [0.05, 0.1) is 17.4 Å². The maximum atomic E-state index is 13.8. The van der Waals surface area contributed by atoms with Crippen LogP contribution in [0, 0.1) is 0 Å². The van der Waals surface area contributed by atoms with E-state index in [9.17, 15) is 8.42 Å². The first-order valence-corrected chi connectivity index (χ1v) is 13.3. The molecule has 6 rings (SSSR count). The van der Waals surface area contributed by atoms with Crippen molar-refractivity contribution < 1.29 is 17.3 Å². The van der Waals surface area contributed by atoms with Gasteiger partial charge in [0.2, 0.25) is 0 Å². The summed E-state index contributed by atoms with van der Waals surface area (Å²) < 4.78 is 41.1. The fraction of sp³-hybridized carbons (Fsp3) is 0.231. The number of methoxy groups -OCH3 is 1. The van der Waals surface area contributed by atoms with Crippen molar-refractivity contribution in [1.29, 1.82) is 0 Å². The third-order valence-electron chi connectivity index (χ3n) is 6.68. The molecule has 0 bridgehead atoms. The Morgan fingerprint density at radius 3 is 2.52 bits per heavy atom. The summed E-state index contributed by atoms with van der Waals surface area (Å²) in [4.78, 5) is 0. The van der Waals surface area contributed by atoms with Gasteiger partial charge >= 0.3 is 10.1 Å². The Hall–Kier alpha value is -2.90. The lowest BCUT2D eigenvalue weighted by atomic mass is 9.84. The van der Waals surface area contributed by atoms with E-state index in [1.807, 2.05) is 54.6 Å². The van der Waals surface area contributed by atoms with Crippen LogP contribution < -0.4 is 8.92 Å². The van der Waals surface area contributed by atoms with Crippen LogP contribution in [0.2, 0.25) is 0 Å². The fourth-order valence-corrected chi connectivity index (χ4v) is 9.04. The fourth-order valence-electron chi connectivity index (χ4n) is 5.33. The summed E-state index contributed by atoms with van der Waals surface area (Å²) >= 11 is 1.63. The highest BCUT2D eigenvalue weighted by molar-refractivity contribution is 8.00. The number of aromatic nitrogens is 1. The van der Waals surface area contributed by atoms with Crippen LogP contribution in [-0.2, 0) is 16.7 Å². The maximum absolute atomic E-state index is 13.8. The predicted octanol–water partition coefficient (Wildman–Crippen LogP) is 5.74. The van der Waals surface area contributed by atoms with Gasteiger partial charge in [0.25, 0.3) is 0 Å². The molecule has 2 aliphatic rings. The smallest absolute Gasteiger partial charge is 0.314 e. The van der Waals surface area contributed by atoms with E-state index in [-0.39, 0.29) is 11.2 Å². The van der Waals surface area contributed by atoms with E-state index < -0.39 is 15.4 Å². The molecule has 0 amide bonds. The van der Waals surface area contributed by atoms with Gasteiger partial charge in [-0.15, -0.1) is 0 Å². The summed E-state index contributed by atoms with van der Waals surface area (Å²) in [5, 5.41) is 1.16. The van der Waals surface area contributed by atoms with E-state index in [4.69, 9.17) is 8.92 Å². The average Bonchev–Trinajstić information content (AvgIpc) is 3.16. The largest absolute Gasteiger partial charge is 0.493 e. The molecule has 3 heterocycles. The van der Waals surface area contributed by atoms with Gasteiger partial charge in [0.15, 0.2) is 11.5 Å². The Morgan fingerprint density at radius 2 is 1.76 bits per heavy atom. The first-order chi connectivity index (χ1) is 16.0. The molecule has 1 aromatic heterocycles. The molecule has 0 N–H and O–H groups in total. The van der Waals surface area contributed by atoms with Gasteiger partial charge in [-0.3, -0.25) is 0 Å². The van der Waals surface area contributed by atoms with Crippen LogP contribution in [0.5, 0.6) is 11.5 Å². The van der Waals surface area contributed by atoms with Crippen LogP contribution in [-0.4, -0.2) is 25.3 Å². The highest BCUT2D eigenvalue weighted by atomic mass is 32.2. The zero-order chi connectivity index (χ0) is 22.7. The summed E-state index contributed by atoms with van der Waals surface area (Å²) in [6.45, 7) is 2.94. The van der Waals surface area contributed by atoms with Crippen molar-refractivity contribution in [3.8, 4) is 11.5 Å². The number of nitrogens with zero attached hydrogens (tertiary/aromatic N) is 1. The molecule has 33 heavy (non-hydrogen) atoms. The first kappa shape index (κ1) is 20.7. The first-order valence-electron chi connectivity index (χ1n) is 11.0. The molecule has 7 heteroatoms. The molecule has 3 aromatic carbocycles. The van der Waals surface area contributed by atoms with Crippen LogP contribution >= 0.6 is 11.8 Å². The molecule has 0 unspecified atom stereocenters. The van der Waals surface area contributed by atoms with E-state index in [0.717, 1.165) is 39.2 Å². The number of hydrogen-bond donors (Lipinski definition) is 0. The summed E-state index contributed by atoms with van der Waals surface area (Å²) in [6.07, 6.45) is 0. The van der Waals surface area contributed by atoms with Crippen molar-refractivity contribution in [2.24, 2.45) is 0 Å². The summed E-state index contributed by atoms with van der Waals surface area (Å²) in [5.41, 5.74) is 4.03. The minimum Gasteiger partial charge on any atom is -0.493 e. The Balaban J connectivity index is 1.73. The number of aryl methyl sites for hydroxylation is 1. The SMILES string of the molecule is CCn1c2c(c3ccccc31)[C@@H]1c3cccc(OC)c3OS(=O)(=O)[C@@H]1[C@@H](c1ccccc1)S2. The van der Waals surface area contributed by atoms with E-state index >= 15 is 0 Å². The van der Waals surface area contributed by atoms with Crippen molar-refractivity contribution in [3.05, 3.63) is 89.5 Å². The number of fused-ring (bicyclic) bond motifs is 7. The summed E-state index contributed by atoms with van der Waals surface area (Å²) in [7, 11) is -2.41. The van der Waals surface area contributed by atoms with E-state index in [2.05, 4.69) is 23.6 Å². The van der Waals surface area contributed by atoms with Gasteiger partial charge in [-0.05, 0) is 24.6 Å². The van der Waals surface area contributed by atoms with Crippen molar-refractivity contribution >= 4 is 32.8 Å². The number of para-hydroxylation sites is 2. The molecule has 168 valence electrons. The standard InChI is InChI=1S/C26H23NO4S2/c1-3-27-19-14-8-7-12-17(19)22-21-18-13-9-15-20(30-2)23(18)31-33(28,29)25(21)24(32-26(22)27)16-10-5-4-6-11-16/h4-15,21,24-25H,3H2,1-2H3/t21-,24+,25-/m0/s1. The second kappa shape index (κ2) is 7.57. The van der Waals surface area contributed by atoms with Gasteiger partial charge < -0.3 is 13.5 Å². The molecule has 0 saturated heterocycles. The Kier molecular flexibility index (Phi) is 4.74. The average molecular weight is 478 g/mol. The zero-order valence-electron chi connectivity index (χ0n) is 18.3. The summed E-state index contributed by atoms with van der Waals surface area (Å²) in [5.74, 6) is 0.372. The molecule has 0 aliphatic carbocycles. The number of thioether (sulfide) groups is 1. The van der Waals surface area contributed by atoms with Crippen LogP contribution in [0.25, 0.3) is 10.9 Å². The van der Waals surface area contributed by atoms with Crippen molar-refractivity contribution in [2.45, 2.75) is 34.9 Å². The molecule has 0 spiro atoms. The van der Waals surface area contributed by atoms with Crippen molar-refractivity contribution in [1.82, 2.24) is 4.57 Å². The van der Waals surface area contributed by atoms with Gasteiger partial charge in [-0.2, -0.15) is 8.42 Å². The number of rotatable bonds is 3. The molecule has 0 saturated carbocycles. The predicted molar refractivity (Wildman–Crippen MR) is 131 cm³/mol. The molecule has 0 radical (unpaired) electrons. The second-order valence-corrected chi connectivity index (χ2v) is 11.2. The Bertz CT molecular complexity index is 1480. The summed E-state index contributed by atoms with van der Waals surface area (Å²) in [6, 6.07) is 23.8. The minimum absolute atomic E-state index is 0.303. The van der Waals surface area contributed by atoms with Crippen LogP contribution in [0.3, 0.4) is 0 Å². The quantitative estimate of drug-likeness (QED) is 0.352. The number of ether oxygens (including phenoxy) is 1. The number of hydrogen-bond acceptors (Lipinski definition) is 5. The molecular formula is C26H23NO4S2. The van der Waals surface area contributed by atoms with Crippen LogP contribution in [0.1, 0.15) is 34.8 Å². The third kappa shape index (κ3) is 2.95. The van der Waals surface area contributed by atoms with Crippen molar-refractivity contribution in [3.63, 3.8) is 0 Å². The molecular weight excluding hydrogens is 454 g/mol. The maximum Gasteiger partial charge on any atom is 0.314 e. The highest BCUT2D eigenvalue weighted by Gasteiger charge is 2.53. The lowest BCUT2D eigenvalue weighted by Crippen LogP contribution is -2.42. The highest BCUT2D eigenvalue weighted by Crippen LogP contribution is 2.60. The van der Waals surface area contributed by atoms with E-state index in [1.165, 1.54) is 7.11 Å². The van der Waals surface area contributed by atoms with Crippen LogP contribution in [0.4, 0.5) is 0 Å². The van der Waals surface area contributed by atoms with Crippen LogP contribution in [0.15, 0.2) is 77.8 Å². The van der Waals surface area contributed by atoms with E-state index in [0.29, 0.717) is 11.5 Å². The lowest BCUT2D eigenvalue weighted by Gasteiger charge is -2.41. The number of benzene rings is 3. The normalized spacial score (nSPS) is 22.7. The monoisotopic (exact) mass is 477 g/mol. The lowest BCUT2D eigenvalue weighted by molar-refractivity contribution is 0.375. The molecule has 0 fully saturated rings. The molecule has 4 aromatic rings. The minimum atomic E-state index is -3.95. The molecule has 2 aliphatic heterocycles. The molecule has 5 nitrogen and oxygen atoms in total. The molecule has 3 atom stereocenters.